The number of nitrogens with zero attached hydrogens (tertiary/aromatic N) is 1. The molecule has 0 aromatic heterocycles. The Balaban J connectivity index is 2.67. The predicted octanol–water partition coefficient (Wildman–Crippen LogP) is 5.98. The van der Waals surface area contributed by atoms with E-state index in [0.717, 1.165) is 18.2 Å². The first-order valence-electron chi connectivity index (χ1n) is 11.9. The molecule has 1 aromatic rings. The summed E-state index contributed by atoms with van der Waals surface area (Å²) in [6.07, 6.45) is -5.64. The fourth-order valence-corrected chi connectivity index (χ4v) is 7.34. The van der Waals surface area contributed by atoms with Crippen LogP contribution in [0.3, 0.4) is 0 Å². The Hall–Kier alpha value is -1.59. The summed E-state index contributed by atoms with van der Waals surface area (Å²) in [5.74, 6) is 0.0842. The lowest BCUT2D eigenvalue weighted by molar-refractivity contribution is -0.139. The molecule has 6 nitrogen and oxygen atoms in total. The molecule has 1 saturated heterocycles. The van der Waals surface area contributed by atoms with Crippen LogP contribution in [0.1, 0.15) is 67.4 Å². The lowest BCUT2D eigenvalue weighted by Gasteiger charge is -2.52. The van der Waals surface area contributed by atoms with Gasteiger partial charge >= 0.3 is 12.3 Å². The molecule has 1 amide bonds. The average molecular weight is 550 g/mol. The normalized spacial score (nSPS) is 21.5. The van der Waals surface area contributed by atoms with Crippen LogP contribution >= 0.6 is 0 Å². The van der Waals surface area contributed by atoms with Crippen LogP contribution in [0.5, 0.6) is 0 Å². The van der Waals surface area contributed by atoms with E-state index in [1.54, 1.807) is 20.8 Å². The Bertz CT molecular complexity index is 1050. The highest BCUT2D eigenvalue weighted by Gasteiger charge is 2.57. The first kappa shape index (κ1) is 30.6. The molecule has 11 heteroatoms. The topological polar surface area (TPSA) is 72.9 Å². The molecule has 1 aliphatic rings. The second-order valence-corrected chi connectivity index (χ2v) is 14.1. The summed E-state index contributed by atoms with van der Waals surface area (Å²) in [6, 6.07) is 3.43. The molecule has 1 aliphatic heterocycles. The maximum absolute atomic E-state index is 13.7. The number of hydrogen-bond donors (Lipinski definition) is 0. The van der Waals surface area contributed by atoms with Crippen LogP contribution in [0.15, 0.2) is 29.2 Å². The van der Waals surface area contributed by atoms with E-state index in [9.17, 15) is 26.4 Å². The van der Waals surface area contributed by atoms with Gasteiger partial charge in [0.2, 0.25) is 9.76 Å². The zero-order chi connectivity index (χ0) is 27.9. The highest BCUT2D eigenvalue weighted by atomic mass is 32.2. The van der Waals surface area contributed by atoms with Crippen molar-refractivity contribution in [2.24, 2.45) is 11.3 Å². The third kappa shape index (κ3) is 5.93. The molecule has 204 valence electrons. The van der Waals surface area contributed by atoms with Gasteiger partial charge in [-0.2, -0.15) is 13.2 Å². The Labute approximate surface area is 215 Å². The maximum Gasteiger partial charge on any atom is 0.417 e. The number of likely N-dealkylation sites (tertiary alicyclic amines) is 1. The van der Waals surface area contributed by atoms with Crippen LogP contribution in [0, 0.1) is 11.3 Å². The number of sulfone groups is 1. The van der Waals surface area contributed by atoms with Crippen molar-refractivity contribution in [1.82, 2.24) is 4.90 Å². The van der Waals surface area contributed by atoms with E-state index in [4.69, 9.17) is 9.16 Å². The monoisotopic (exact) mass is 549 g/mol. The van der Waals surface area contributed by atoms with E-state index >= 15 is 0 Å². The van der Waals surface area contributed by atoms with Gasteiger partial charge in [-0.3, -0.25) is 0 Å². The van der Waals surface area contributed by atoms with E-state index in [-0.39, 0.29) is 28.6 Å². The summed E-state index contributed by atoms with van der Waals surface area (Å²) in [5, 5.41) is -1.26. The van der Waals surface area contributed by atoms with Crippen molar-refractivity contribution in [3.63, 3.8) is 0 Å². The minimum atomic E-state index is -4.84. The smallest absolute Gasteiger partial charge is 0.417 e. The second-order valence-electron chi connectivity index (χ2n) is 11.3. The van der Waals surface area contributed by atoms with Crippen LogP contribution in [-0.2, 0) is 25.2 Å². The lowest BCUT2D eigenvalue weighted by atomic mass is 9.65. The van der Waals surface area contributed by atoms with Crippen molar-refractivity contribution >= 4 is 25.7 Å². The number of ether oxygens (including phenoxy) is 1. The zero-order valence-corrected chi connectivity index (χ0v) is 24.3. The molecule has 1 fully saturated rings. The minimum absolute atomic E-state index is 0.0401. The van der Waals surface area contributed by atoms with Gasteiger partial charge in [-0.25, -0.2) is 13.2 Å². The number of amides is 1. The van der Waals surface area contributed by atoms with Crippen molar-refractivity contribution in [3.8, 4) is 0 Å². The molecule has 0 N–H and O–H groups in total. The van der Waals surface area contributed by atoms with Gasteiger partial charge in [0.05, 0.1) is 27.4 Å². The molecule has 3 atom stereocenters. The van der Waals surface area contributed by atoms with Gasteiger partial charge in [-0.05, 0) is 64.1 Å². The van der Waals surface area contributed by atoms with Crippen molar-refractivity contribution in [2.45, 2.75) is 102 Å². The van der Waals surface area contributed by atoms with Crippen LogP contribution in [0.2, 0.25) is 6.55 Å². The van der Waals surface area contributed by atoms with Gasteiger partial charge in [0.15, 0.2) is 9.84 Å². The van der Waals surface area contributed by atoms with E-state index in [1.807, 2.05) is 41.2 Å². The second kappa shape index (κ2) is 10.3. The van der Waals surface area contributed by atoms with Crippen LogP contribution in [0.25, 0.3) is 0 Å². The molecule has 2 radical (unpaired) electrons. The van der Waals surface area contributed by atoms with Crippen LogP contribution < -0.4 is 0 Å². The average Bonchev–Trinajstić information content (AvgIpc) is 3.19. The quantitative estimate of drug-likeness (QED) is 0.391. The van der Waals surface area contributed by atoms with Crippen molar-refractivity contribution in [1.29, 1.82) is 0 Å². The molecule has 2 rings (SSSR count). The van der Waals surface area contributed by atoms with Crippen molar-refractivity contribution in [2.75, 3.05) is 6.54 Å². The number of alkyl halides is 3. The molecule has 0 aliphatic carbocycles. The Kier molecular flexibility index (Phi) is 8.75. The fraction of sp³-hybridized carbons (Fsp3) is 0.720. The third-order valence-electron chi connectivity index (χ3n) is 7.50. The van der Waals surface area contributed by atoms with Crippen molar-refractivity contribution in [3.05, 3.63) is 29.8 Å². The van der Waals surface area contributed by atoms with Gasteiger partial charge in [0.25, 0.3) is 0 Å². The summed E-state index contributed by atoms with van der Waals surface area (Å²) in [4.78, 5) is 13.9. The third-order valence-corrected chi connectivity index (χ3v) is 10.3. The first-order valence-corrected chi connectivity index (χ1v) is 14.9. The Morgan fingerprint density at radius 1 is 1.08 bits per heavy atom. The Morgan fingerprint density at radius 2 is 1.64 bits per heavy atom. The van der Waals surface area contributed by atoms with E-state index in [2.05, 4.69) is 0 Å². The lowest BCUT2D eigenvalue weighted by Crippen LogP contribution is -2.61. The van der Waals surface area contributed by atoms with E-state index < -0.39 is 60.5 Å². The highest BCUT2D eigenvalue weighted by molar-refractivity contribution is 7.92. The zero-order valence-electron chi connectivity index (χ0n) is 22.5. The van der Waals surface area contributed by atoms with Crippen LogP contribution in [0.4, 0.5) is 18.0 Å². The van der Waals surface area contributed by atoms with Gasteiger partial charge < -0.3 is 14.1 Å². The number of rotatable bonds is 7. The number of hydrogen-bond acceptors (Lipinski definition) is 5. The molecule has 0 saturated carbocycles. The molecule has 0 spiro atoms. The molecule has 1 aromatic carbocycles. The van der Waals surface area contributed by atoms with Gasteiger partial charge in [-0.15, -0.1) is 0 Å². The molecule has 1 heterocycles. The summed E-state index contributed by atoms with van der Waals surface area (Å²) >= 11 is 0. The highest BCUT2D eigenvalue weighted by Crippen LogP contribution is 2.48. The summed E-state index contributed by atoms with van der Waals surface area (Å²) in [5.41, 5.74) is -3.59. The Morgan fingerprint density at radius 3 is 2.11 bits per heavy atom. The number of halogens is 3. The molecular weight excluding hydrogens is 511 g/mol. The maximum atomic E-state index is 13.7. The SMILES string of the molecule is C[Si]OC(C)([C@H]1C[C@H](S(=O)(=O)c2ccccc2C(F)(F)F)CN1C(=O)OC(C)(C)C)C(C)(C)C(C)C. The summed E-state index contributed by atoms with van der Waals surface area (Å²) in [7, 11) is -4.42. The standard InChI is InChI=1S/C25H38F3NO5SSi/c1-16(2)23(6,7)24(8,34-36-9)20-14-17(15-29(20)21(30)33-22(3,4)5)35(31,32)19-13-11-10-12-18(19)25(26,27)28/h10-13,16-17,20H,14-15H2,1-9H3/t17-,20+,24?/m0/s1. The predicted molar refractivity (Wildman–Crippen MR) is 133 cm³/mol. The molecule has 0 bridgehead atoms. The van der Waals surface area contributed by atoms with Gasteiger partial charge in [0, 0.05) is 6.54 Å². The number of benzene rings is 1. The largest absolute Gasteiger partial charge is 0.444 e. The summed E-state index contributed by atoms with van der Waals surface area (Å²) in [6.45, 7) is 16.5. The van der Waals surface area contributed by atoms with Crippen molar-refractivity contribution < 1.29 is 35.5 Å². The first-order chi connectivity index (χ1) is 16.2. The number of carbonyl (C=O) groups is 1. The van der Waals surface area contributed by atoms with E-state index in [0.29, 0.717) is 0 Å². The van der Waals surface area contributed by atoms with E-state index in [1.165, 1.54) is 11.0 Å². The summed E-state index contributed by atoms with van der Waals surface area (Å²) < 4.78 is 80.3. The number of carbonyl (C=O) groups excluding carboxylic acids is 1. The molecule has 36 heavy (non-hydrogen) atoms. The molecule has 1 unspecified atom stereocenters. The molecular formula is C25H38F3NO5SSi. The van der Waals surface area contributed by atoms with Gasteiger partial charge in [0.1, 0.15) is 5.60 Å². The van der Waals surface area contributed by atoms with Gasteiger partial charge in [-0.1, -0.05) is 39.8 Å². The van der Waals surface area contributed by atoms with Crippen LogP contribution in [-0.4, -0.2) is 58.2 Å². The fourth-order valence-electron chi connectivity index (χ4n) is 4.61. The minimum Gasteiger partial charge on any atom is -0.444 e.